The molecule has 24 heavy (non-hydrogen) atoms. The van der Waals surface area contributed by atoms with Crippen molar-refractivity contribution in [2.24, 2.45) is 0 Å². The van der Waals surface area contributed by atoms with Crippen molar-refractivity contribution in [3.63, 3.8) is 0 Å². The van der Waals surface area contributed by atoms with Gasteiger partial charge in [-0.2, -0.15) is 8.78 Å². The van der Waals surface area contributed by atoms with E-state index >= 15 is 0 Å². The number of rotatable bonds is 5. The number of hydrogen-bond donors (Lipinski definition) is 0. The van der Waals surface area contributed by atoms with Gasteiger partial charge in [0.2, 0.25) is 0 Å². The normalized spacial score (nSPS) is 11.4. The van der Waals surface area contributed by atoms with Gasteiger partial charge in [-0.1, -0.05) is 19.1 Å². The van der Waals surface area contributed by atoms with Crippen molar-refractivity contribution in [1.29, 1.82) is 0 Å². The van der Waals surface area contributed by atoms with Crippen LogP contribution in [0.5, 0.6) is 0 Å². The summed E-state index contributed by atoms with van der Waals surface area (Å²) in [4.78, 5) is 17.9. The number of nitrogens with zero attached hydrogens (tertiary/aromatic N) is 3. The monoisotopic (exact) mass is 333 g/mol. The first-order chi connectivity index (χ1) is 11.5. The van der Waals surface area contributed by atoms with Crippen LogP contribution in [0.1, 0.15) is 35.6 Å². The highest BCUT2D eigenvalue weighted by molar-refractivity contribution is 5.91. The first kappa shape index (κ1) is 16.2. The van der Waals surface area contributed by atoms with E-state index in [-0.39, 0.29) is 24.0 Å². The Morgan fingerprint density at radius 2 is 2.04 bits per heavy atom. The average molecular weight is 333 g/mol. The molecule has 3 rings (SSSR count). The highest BCUT2D eigenvalue weighted by Gasteiger charge is 2.22. The fourth-order valence-corrected chi connectivity index (χ4v) is 2.58. The van der Waals surface area contributed by atoms with E-state index in [2.05, 4.69) is 4.98 Å². The van der Waals surface area contributed by atoms with Crippen LogP contribution in [-0.2, 0) is 13.0 Å². The largest absolute Gasteiger partial charge is 0.456 e. The Kier molecular flexibility index (Phi) is 4.33. The van der Waals surface area contributed by atoms with Gasteiger partial charge in [-0.15, -0.1) is 0 Å². The van der Waals surface area contributed by atoms with Gasteiger partial charge < -0.3 is 9.32 Å². The highest BCUT2D eigenvalue weighted by atomic mass is 19.3. The van der Waals surface area contributed by atoms with E-state index in [1.807, 2.05) is 6.92 Å². The summed E-state index contributed by atoms with van der Waals surface area (Å²) in [5, 5.41) is 0. The Balaban J connectivity index is 1.88. The quantitative estimate of drug-likeness (QED) is 0.712. The summed E-state index contributed by atoms with van der Waals surface area (Å²) in [6.07, 6.45) is 0.679. The van der Waals surface area contributed by atoms with Gasteiger partial charge in [0, 0.05) is 13.5 Å². The molecule has 0 saturated carbocycles. The van der Waals surface area contributed by atoms with Crippen molar-refractivity contribution >= 4 is 16.9 Å². The van der Waals surface area contributed by atoms with E-state index in [0.29, 0.717) is 23.2 Å². The van der Waals surface area contributed by atoms with E-state index in [4.69, 9.17) is 4.42 Å². The standard InChI is InChI=1S/C17H17F2N3O2/c1-3-11-8-9-14(24-11)16(23)21(2)10-15-20-12-6-4-5-7-13(12)22(15)17(18)19/h4-9,17H,3,10H2,1-2H3. The van der Waals surface area contributed by atoms with Crippen LogP contribution in [0.15, 0.2) is 40.8 Å². The lowest BCUT2D eigenvalue weighted by Gasteiger charge is -2.16. The summed E-state index contributed by atoms with van der Waals surface area (Å²) in [6, 6.07) is 9.98. The van der Waals surface area contributed by atoms with Crippen molar-refractivity contribution in [1.82, 2.24) is 14.5 Å². The third-order valence-electron chi connectivity index (χ3n) is 3.81. The molecule has 0 aliphatic heterocycles. The van der Waals surface area contributed by atoms with Crippen LogP contribution in [0.4, 0.5) is 8.78 Å². The molecule has 0 saturated heterocycles. The van der Waals surface area contributed by atoms with Crippen molar-refractivity contribution in [3.05, 3.63) is 53.7 Å². The Bertz CT molecular complexity index is 870. The lowest BCUT2D eigenvalue weighted by Crippen LogP contribution is -2.27. The molecule has 1 amide bonds. The summed E-state index contributed by atoms with van der Waals surface area (Å²) in [6.45, 7) is -0.854. The molecule has 0 unspecified atom stereocenters. The predicted molar refractivity (Wildman–Crippen MR) is 84.9 cm³/mol. The molecule has 0 fully saturated rings. The van der Waals surface area contributed by atoms with Crippen LogP contribution in [0.3, 0.4) is 0 Å². The van der Waals surface area contributed by atoms with E-state index in [1.54, 1.807) is 36.4 Å². The number of fused-ring (bicyclic) bond motifs is 1. The Morgan fingerprint density at radius 3 is 2.71 bits per heavy atom. The van der Waals surface area contributed by atoms with Crippen LogP contribution in [0.25, 0.3) is 11.0 Å². The first-order valence-corrected chi connectivity index (χ1v) is 7.59. The van der Waals surface area contributed by atoms with Crippen LogP contribution in [0.2, 0.25) is 0 Å². The SMILES string of the molecule is CCc1ccc(C(=O)N(C)Cc2nc3ccccc3n2C(F)F)o1. The lowest BCUT2D eigenvalue weighted by atomic mass is 10.3. The second-order valence-corrected chi connectivity index (χ2v) is 5.45. The smallest absolute Gasteiger partial charge is 0.320 e. The third kappa shape index (κ3) is 2.89. The molecule has 0 bridgehead atoms. The molecule has 0 N–H and O–H groups in total. The van der Waals surface area contributed by atoms with Crippen LogP contribution >= 0.6 is 0 Å². The molecule has 0 aliphatic carbocycles. The number of imidazole rings is 1. The van der Waals surface area contributed by atoms with Gasteiger partial charge in [0.15, 0.2) is 5.76 Å². The molecule has 5 nitrogen and oxygen atoms in total. The molecule has 126 valence electrons. The van der Waals surface area contributed by atoms with Crippen molar-refractivity contribution in [2.45, 2.75) is 26.4 Å². The summed E-state index contributed by atoms with van der Waals surface area (Å²) in [7, 11) is 1.53. The molecule has 0 aliphatic rings. The fourth-order valence-electron chi connectivity index (χ4n) is 2.58. The van der Waals surface area contributed by atoms with Gasteiger partial charge in [0.1, 0.15) is 11.6 Å². The van der Waals surface area contributed by atoms with Crippen molar-refractivity contribution in [2.75, 3.05) is 7.05 Å². The predicted octanol–water partition coefficient (Wildman–Crippen LogP) is 3.86. The maximum Gasteiger partial charge on any atom is 0.320 e. The third-order valence-corrected chi connectivity index (χ3v) is 3.81. The summed E-state index contributed by atoms with van der Waals surface area (Å²) < 4.78 is 33.1. The minimum Gasteiger partial charge on any atom is -0.456 e. The molecular weight excluding hydrogens is 316 g/mol. The zero-order chi connectivity index (χ0) is 17.3. The maximum atomic E-state index is 13.4. The van der Waals surface area contributed by atoms with Gasteiger partial charge in [-0.25, -0.2) is 4.98 Å². The number of alkyl halides is 2. The minimum absolute atomic E-state index is 0.0417. The van der Waals surface area contributed by atoms with E-state index in [9.17, 15) is 13.6 Å². The molecular formula is C17H17F2N3O2. The summed E-state index contributed by atoms with van der Waals surface area (Å²) in [5.74, 6) is 0.646. The van der Waals surface area contributed by atoms with Crippen LogP contribution in [0, 0.1) is 0 Å². The highest BCUT2D eigenvalue weighted by Crippen LogP contribution is 2.24. The van der Waals surface area contributed by atoms with Gasteiger partial charge in [-0.05, 0) is 24.3 Å². The fraction of sp³-hybridized carbons (Fsp3) is 0.294. The molecule has 7 heteroatoms. The van der Waals surface area contributed by atoms with E-state index in [0.717, 1.165) is 4.57 Å². The Morgan fingerprint density at radius 1 is 1.29 bits per heavy atom. The molecule has 3 aromatic rings. The van der Waals surface area contributed by atoms with E-state index in [1.165, 1.54) is 11.9 Å². The zero-order valence-corrected chi connectivity index (χ0v) is 13.4. The lowest BCUT2D eigenvalue weighted by molar-refractivity contribution is 0.0634. The Labute approximate surface area is 137 Å². The maximum absolute atomic E-state index is 13.4. The number of benzene rings is 1. The number of halogens is 2. The topological polar surface area (TPSA) is 51.3 Å². The molecule has 0 atom stereocenters. The van der Waals surface area contributed by atoms with Gasteiger partial charge in [0.25, 0.3) is 5.91 Å². The number of carbonyl (C=O) groups is 1. The van der Waals surface area contributed by atoms with Gasteiger partial charge in [-0.3, -0.25) is 9.36 Å². The molecule has 2 aromatic heterocycles. The minimum atomic E-state index is -2.73. The van der Waals surface area contributed by atoms with Crippen LogP contribution < -0.4 is 0 Å². The van der Waals surface area contributed by atoms with Gasteiger partial charge >= 0.3 is 6.55 Å². The summed E-state index contributed by atoms with van der Waals surface area (Å²) >= 11 is 0. The molecule has 0 radical (unpaired) electrons. The molecule has 0 spiro atoms. The van der Waals surface area contributed by atoms with Crippen LogP contribution in [-0.4, -0.2) is 27.4 Å². The van der Waals surface area contributed by atoms with Crippen molar-refractivity contribution < 1.29 is 18.0 Å². The second kappa shape index (κ2) is 6.43. The first-order valence-electron chi connectivity index (χ1n) is 7.59. The zero-order valence-electron chi connectivity index (χ0n) is 13.4. The number of para-hydroxylation sites is 2. The molecule has 2 heterocycles. The van der Waals surface area contributed by atoms with Gasteiger partial charge in [0.05, 0.1) is 17.6 Å². The summed E-state index contributed by atoms with van der Waals surface area (Å²) in [5.41, 5.74) is 0.814. The van der Waals surface area contributed by atoms with Crippen molar-refractivity contribution in [3.8, 4) is 0 Å². The Hall–Kier alpha value is -2.70. The second-order valence-electron chi connectivity index (χ2n) is 5.45. The van der Waals surface area contributed by atoms with E-state index < -0.39 is 6.55 Å². The number of furan rings is 1. The number of aryl methyl sites for hydroxylation is 1. The average Bonchev–Trinajstić information content (AvgIpc) is 3.17. The molecule has 1 aromatic carbocycles. The number of carbonyl (C=O) groups excluding carboxylic acids is 1. The number of aromatic nitrogens is 2. The number of hydrogen-bond acceptors (Lipinski definition) is 3. The number of amides is 1.